The van der Waals surface area contributed by atoms with Gasteiger partial charge in [-0.05, 0) is 50.1 Å². The van der Waals surface area contributed by atoms with E-state index < -0.39 is 0 Å². The fraction of sp³-hybridized carbons (Fsp3) is 0.786. The van der Waals surface area contributed by atoms with Crippen molar-refractivity contribution in [3.8, 4) is 5.75 Å². The number of anilines is 2. The van der Waals surface area contributed by atoms with Crippen LogP contribution in [-0.2, 0) is 0 Å². The third kappa shape index (κ3) is 3.75. The average Bonchev–Trinajstić information content (AvgIpc) is 2.59. The fourth-order valence-corrected chi connectivity index (χ4v) is 3.47. The Morgan fingerprint density at radius 2 is 2.21 bits per heavy atom. The maximum absolute atomic E-state index is 5.88. The minimum Gasteiger partial charge on any atom is -0.484 e. The first kappa shape index (κ1) is 14.4. The minimum absolute atomic E-state index is 0.113. The number of nitrogen functional groups attached to an aromatic ring is 1. The van der Waals surface area contributed by atoms with Crippen LogP contribution in [-0.4, -0.2) is 16.5 Å². The van der Waals surface area contributed by atoms with Crippen molar-refractivity contribution >= 4 is 22.4 Å². The Morgan fingerprint density at radius 1 is 1.47 bits per heavy atom. The predicted octanol–water partition coefficient (Wildman–Crippen LogP) is 3.89. The number of nitrogens with two attached hydrogens (primary N) is 1. The van der Waals surface area contributed by atoms with Crippen LogP contribution in [0.25, 0.3) is 0 Å². The molecule has 1 atom stereocenters. The Kier molecular flexibility index (Phi) is 4.23. The van der Waals surface area contributed by atoms with Gasteiger partial charge in [0.05, 0.1) is 6.10 Å². The molecule has 0 bridgehead atoms. The van der Waals surface area contributed by atoms with Crippen molar-refractivity contribution in [2.24, 2.45) is 5.41 Å². The lowest BCUT2D eigenvalue weighted by Crippen LogP contribution is -2.31. The van der Waals surface area contributed by atoms with E-state index in [1.807, 2.05) is 13.8 Å². The van der Waals surface area contributed by atoms with Crippen LogP contribution >= 0.6 is 11.5 Å². The molecule has 3 N–H and O–H groups in total. The van der Waals surface area contributed by atoms with Crippen molar-refractivity contribution in [3.63, 3.8) is 0 Å². The number of nitrogens with one attached hydrogen (secondary N) is 1. The van der Waals surface area contributed by atoms with E-state index >= 15 is 0 Å². The molecule has 1 aromatic rings. The van der Waals surface area contributed by atoms with Crippen LogP contribution < -0.4 is 15.8 Å². The molecule has 2 rings (SSSR count). The van der Waals surface area contributed by atoms with Gasteiger partial charge in [-0.1, -0.05) is 20.3 Å². The average molecular weight is 283 g/mol. The summed E-state index contributed by atoms with van der Waals surface area (Å²) in [5.41, 5.74) is 6.30. The Morgan fingerprint density at radius 3 is 2.84 bits per heavy atom. The van der Waals surface area contributed by atoms with Gasteiger partial charge in [0.15, 0.2) is 16.6 Å². The Balaban J connectivity index is 2.06. The standard InChI is InChI=1S/C14H25N3OS/c1-9(2)18-11-12(15)17-19-13(11)16-10-6-5-7-14(3,4)8-10/h9-10,16H,5-8H2,1-4H3,(H2,15,17). The van der Waals surface area contributed by atoms with E-state index in [-0.39, 0.29) is 6.10 Å². The molecule has 0 amide bonds. The molecule has 0 aromatic carbocycles. The highest BCUT2D eigenvalue weighted by atomic mass is 32.1. The lowest BCUT2D eigenvalue weighted by molar-refractivity contribution is 0.227. The molecule has 1 heterocycles. The van der Waals surface area contributed by atoms with Gasteiger partial charge in [-0.15, -0.1) is 0 Å². The van der Waals surface area contributed by atoms with Gasteiger partial charge in [0.1, 0.15) is 0 Å². The molecular formula is C14H25N3OS. The Hall–Kier alpha value is -0.970. The maximum Gasteiger partial charge on any atom is 0.197 e. The number of nitrogens with zero attached hydrogens (tertiary/aromatic N) is 1. The lowest BCUT2D eigenvalue weighted by atomic mass is 9.75. The third-order valence-electron chi connectivity index (χ3n) is 3.57. The highest BCUT2D eigenvalue weighted by Gasteiger charge is 2.29. The summed E-state index contributed by atoms with van der Waals surface area (Å²) in [4.78, 5) is 0. The summed E-state index contributed by atoms with van der Waals surface area (Å²) in [7, 11) is 0. The normalized spacial score (nSPS) is 22.5. The second kappa shape index (κ2) is 5.57. The molecule has 1 aliphatic carbocycles. The summed E-state index contributed by atoms with van der Waals surface area (Å²) >= 11 is 1.40. The van der Waals surface area contributed by atoms with Crippen LogP contribution in [0.1, 0.15) is 53.4 Å². The molecule has 0 radical (unpaired) electrons. The van der Waals surface area contributed by atoms with Gasteiger partial charge in [0.25, 0.3) is 0 Å². The van der Waals surface area contributed by atoms with Crippen molar-refractivity contribution in [1.82, 2.24) is 4.37 Å². The molecule has 5 heteroatoms. The van der Waals surface area contributed by atoms with Crippen molar-refractivity contribution in [2.45, 2.75) is 65.5 Å². The van der Waals surface area contributed by atoms with Gasteiger partial charge < -0.3 is 15.8 Å². The molecule has 0 saturated heterocycles. The van der Waals surface area contributed by atoms with E-state index in [4.69, 9.17) is 10.5 Å². The van der Waals surface area contributed by atoms with Crippen LogP contribution in [0, 0.1) is 5.41 Å². The number of rotatable bonds is 4. The number of hydrogen-bond donors (Lipinski definition) is 2. The van der Waals surface area contributed by atoms with Crippen LogP contribution in [0.2, 0.25) is 0 Å². The first-order chi connectivity index (χ1) is 8.87. The zero-order chi connectivity index (χ0) is 14.0. The molecule has 0 spiro atoms. The summed E-state index contributed by atoms with van der Waals surface area (Å²) in [5.74, 6) is 1.22. The van der Waals surface area contributed by atoms with Crippen LogP contribution in [0.3, 0.4) is 0 Å². The summed E-state index contributed by atoms with van der Waals surface area (Å²) in [6.45, 7) is 8.69. The summed E-state index contributed by atoms with van der Waals surface area (Å²) in [6, 6.07) is 0.498. The van der Waals surface area contributed by atoms with Gasteiger partial charge in [-0.25, -0.2) is 0 Å². The van der Waals surface area contributed by atoms with E-state index in [9.17, 15) is 0 Å². The summed E-state index contributed by atoms with van der Waals surface area (Å²) in [6.07, 6.45) is 5.10. The van der Waals surface area contributed by atoms with E-state index in [1.54, 1.807) is 0 Å². The highest BCUT2D eigenvalue weighted by Crippen LogP contribution is 2.40. The van der Waals surface area contributed by atoms with Gasteiger partial charge in [-0.3, -0.25) is 0 Å². The lowest BCUT2D eigenvalue weighted by Gasteiger charge is -2.35. The first-order valence-corrected chi connectivity index (χ1v) is 7.83. The topological polar surface area (TPSA) is 60.2 Å². The molecule has 1 saturated carbocycles. The molecule has 108 valence electrons. The quantitative estimate of drug-likeness (QED) is 0.880. The van der Waals surface area contributed by atoms with Crippen molar-refractivity contribution in [1.29, 1.82) is 0 Å². The molecule has 1 fully saturated rings. The van der Waals surface area contributed by atoms with Crippen LogP contribution in [0.15, 0.2) is 0 Å². The monoisotopic (exact) mass is 283 g/mol. The number of hydrogen-bond acceptors (Lipinski definition) is 5. The Bertz CT molecular complexity index is 428. The van der Waals surface area contributed by atoms with Crippen LogP contribution in [0.4, 0.5) is 10.8 Å². The van der Waals surface area contributed by atoms with Crippen molar-refractivity contribution < 1.29 is 4.74 Å². The molecule has 0 aliphatic heterocycles. The van der Waals surface area contributed by atoms with E-state index in [0.717, 1.165) is 10.8 Å². The van der Waals surface area contributed by atoms with Crippen LogP contribution in [0.5, 0.6) is 5.75 Å². The molecular weight excluding hydrogens is 258 g/mol. The molecule has 19 heavy (non-hydrogen) atoms. The zero-order valence-corrected chi connectivity index (χ0v) is 13.1. The number of ether oxygens (including phenoxy) is 1. The fourth-order valence-electron chi connectivity index (χ4n) is 2.74. The second-order valence-corrected chi connectivity index (χ2v) is 7.27. The van der Waals surface area contributed by atoms with E-state index in [1.165, 1.54) is 37.2 Å². The van der Waals surface area contributed by atoms with E-state index in [0.29, 0.717) is 17.3 Å². The smallest absolute Gasteiger partial charge is 0.197 e. The molecule has 1 unspecified atom stereocenters. The first-order valence-electron chi connectivity index (χ1n) is 7.06. The molecule has 1 aromatic heterocycles. The van der Waals surface area contributed by atoms with Gasteiger partial charge in [0, 0.05) is 6.04 Å². The number of aromatic nitrogens is 1. The molecule has 1 aliphatic rings. The van der Waals surface area contributed by atoms with Crippen molar-refractivity contribution in [2.75, 3.05) is 11.1 Å². The zero-order valence-electron chi connectivity index (χ0n) is 12.3. The van der Waals surface area contributed by atoms with Gasteiger partial charge >= 0.3 is 0 Å². The Labute approximate surface area is 119 Å². The largest absolute Gasteiger partial charge is 0.484 e. The maximum atomic E-state index is 5.88. The summed E-state index contributed by atoms with van der Waals surface area (Å²) in [5, 5.41) is 4.56. The second-order valence-electron chi connectivity index (χ2n) is 6.49. The SMILES string of the molecule is CC(C)Oc1c(N)nsc1NC1CCCC(C)(C)C1. The van der Waals surface area contributed by atoms with E-state index in [2.05, 4.69) is 23.5 Å². The van der Waals surface area contributed by atoms with Gasteiger partial charge in [-0.2, -0.15) is 4.37 Å². The van der Waals surface area contributed by atoms with Crippen molar-refractivity contribution in [3.05, 3.63) is 0 Å². The minimum atomic E-state index is 0.113. The highest BCUT2D eigenvalue weighted by molar-refractivity contribution is 7.11. The third-order valence-corrected chi connectivity index (χ3v) is 4.34. The summed E-state index contributed by atoms with van der Waals surface area (Å²) < 4.78 is 9.97. The van der Waals surface area contributed by atoms with Gasteiger partial charge in [0.2, 0.25) is 0 Å². The molecule has 4 nitrogen and oxygen atoms in total. The predicted molar refractivity (Wildman–Crippen MR) is 82.0 cm³/mol.